The van der Waals surface area contributed by atoms with Crippen LogP contribution in [0.15, 0.2) is 30.3 Å². The Bertz CT molecular complexity index is 476. The van der Waals surface area contributed by atoms with Crippen molar-refractivity contribution in [1.29, 1.82) is 0 Å². The summed E-state index contributed by atoms with van der Waals surface area (Å²) in [5.74, 6) is -6.11. The molecule has 0 bridgehead atoms. The molecular weight excluding hydrogens is 374 g/mol. The molecule has 0 aliphatic heterocycles. The molecule has 0 spiro atoms. The van der Waals surface area contributed by atoms with Crippen LogP contribution in [0.4, 0.5) is 22.0 Å². The van der Waals surface area contributed by atoms with Gasteiger partial charge in [0, 0.05) is 0 Å². The summed E-state index contributed by atoms with van der Waals surface area (Å²) in [5.41, 5.74) is 0. The first-order valence-electron chi connectivity index (χ1n) is 6.54. The van der Waals surface area contributed by atoms with E-state index in [0.29, 0.717) is 17.3 Å². The molecule has 0 aliphatic carbocycles. The van der Waals surface area contributed by atoms with E-state index in [2.05, 4.69) is 4.74 Å². The molecule has 0 aromatic heterocycles. The van der Waals surface area contributed by atoms with Crippen LogP contribution in [-0.4, -0.2) is 38.0 Å². The molecule has 8 heteroatoms. The van der Waals surface area contributed by atoms with Crippen molar-refractivity contribution in [3.63, 3.8) is 0 Å². The van der Waals surface area contributed by atoms with Crippen LogP contribution in [0.25, 0.3) is 0 Å². The van der Waals surface area contributed by atoms with Crippen molar-refractivity contribution >= 4 is 25.4 Å². The summed E-state index contributed by atoms with van der Waals surface area (Å²) in [4.78, 5) is 11.5. The maximum atomic E-state index is 13.6. The zero-order chi connectivity index (χ0) is 16.8. The number of carbonyl (C=O) groups is 1. The molecule has 0 saturated carbocycles. The molecule has 1 atom stereocenters. The van der Waals surface area contributed by atoms with Crippen LogP contribution in [0.3, 0.4) is 0 Å². The Hall–Kier alpha value is -1.14. The summed E-state index contributed by atoms with van der Waals surface area (Å²) in [5, 5.41) is -2.51. The van der Waals surface area contributed by atoms with Gasteiger partial charge in [0.05, 0.1) is 0 Å². The first-order valence-corrected chi connectivity index (χ1v) is 8.38. The second-order valence-electron chi connectivity index (χ2n) is 4.48. The SMILES string of the molecule is CCCCC(=O)OC([Se]c1ccccc1)C(F)(F)C(F)(F)F. The van der Waals surface area contributed by atoms with E-state index < -0.39 is 38.0 Å². The average Bonchev–Trinajstić information content (AvgIpc) is 2.44. The predicted molar refractivity (Wildman–Crippen MR) is 72.2 cm³/mol. The number of alkyl halides is 5. The Labute approximate surface area is 131 Å². The molecule has 1 rings (SSSR count). The Morgan fingerprint density at radius 2 is 1.77 bits per heavy atom. The summed E-state index contributed by atoms with van der Waals surface area (Å²) >= 11 is -1.36. The number of hydrogen-bond acceptors (Lipinski definition) is 2. The van der Waals surface area contributed by atoms with Crippen molar-refractivity contribution in [3.05, 3.63) is 30.3 Å². The number of unbranched alkanes of at least 4 members (excludes halogenated alkanes) is 1. The van der Waals surface area contributed by atoms with Crippen molar-refractivity contribution in [2.24, 2.45) is 0 Å². The molecule has 124 valence electrons. The molecule has 0 heterocycles. The second-order valence-corrected chi connectivity index (χ2v) is 6.86. The predicted octanol–water partition coefficient (Wildman–Crippen LogP) is 3.27. The molecule has 22 heavy (non-hydrogen) atoms. The third-order valence-electron chi connectivity index (χ3n) is 2.63. The van der Waals surface area contributed by atoms with Crippen LogP contribution < -0.4 is 4.46 Å². The summed E-state index contributed by atoms with van der Waals surface area (Å²) in [7, 11) is 0. The maximum absolute atomic E-state index is 13.6. The van der Waals surface area contributed by atoms with Crippen LogP contribution in [0.2, 0.25) is 0 Å². The van der Waals surface area contributed by atoms with Crippen molar-refractivity contribution < 1.29 is 31.5 Å². The van der Waals surface area contributed by atoms with Crippen molar-refractivity contribution in [2.75, 3.05) is 0 Å². The van der Waals surface area contributed by atoms with Crippen LogP contribution in [0, 0.1) is 0 Å². The summed E-state index contributed by atoms with van der Waals surface area (Å²) < 4.78 is 69.6. The number of ether oxygens (including phenoxy) is 1. The van der Waals surface area contributed by atoms with E-state index in [4.69, 9.17) is 0 Å². The molecule has 0 amide bonds. The van der Waals surface area contributed by atoms with Gasteiger partial charge in [-0.1, -0.05) is 0 Å². The molecule has 1 unspecified atom stereocenters. The van der Waals surface area contributed by atoms with E-state index in [9.17, 15) is 26.7 Å². The van der Waals surface area contributed by atoms with Gasteiger partial charge in [-0.25, -0.2) is 0 Å². The third-order valence-corrected chi connectivity index (χ3v) is 5.05. The number of halogens is 5. The molecule has 2 nitrogen and oxygen atoms in total. The van der Waals surface area contributed by atoms with E-state index in [1.807, 2.05) is 0 Å². The molecule has 0 fully saturated rings. The van der Waals surface area contributed by atoms with Crippen molar-refractivity contribution in [3.8, 4) is 0 Å². The standard InChI is InChI=1S/C14H15F5O2Se/c1-2-3-9-11(20)21-12(13(15,16)14(17,18)19)22-10-7-5-4-6-8-10/h4-8,12H,2-3,9H2,1H3. The number of rotatable bonds is 7. The number of hydrogen-bond donors (Lipinski definition) is 0. The van der Waals surface area contributed by atoms with Gasteiger partial charge in [-0.15, -0.1) is 0 Å². The zero-order valence-electron chi connectivity index (χ0n) is 11.7. The van der Waals surface area contributed by atoms with Gasteiger partial charge in [0.1, 0.15) is 0 Å². The van der Waals surface area contributed by atoms with Gasteiger partial charge < -0.3 is 0 Å². The van der Waals surface area contributed by atoms with Crippen molar-refractivity contribution in [1.82, 2.24) is 0 Å². The molecule has 0 radical (unpaired) electrons. The summed E-state index contributed by atoms with van der Waals surface area (Å²) in [6.45, 7) is 1.77. The van der Waals surface area contributed by atoms with Crippen molar-refractivity contribution in [2.45, 2.75) is 43.3 Å². The monoisotopic (exact) mass is 390 g/mol. The first kappa shape index (κ1) is 18.9. The van der Waals surface area contributed by atoms with Gasteiger partial charge in [0.2, 0.25) is 0 Å². The second kappa shape index (κ2) is 7.92. The zero-order valence-corrected chi connectivity index (χ0v) is 13.4. The van der Waals surface area contributed by atoms with Crippen LogP contribution in [0.1, 0.15) is 26.2 Å². The van der Waals surface area contributed by atoms with Gasteiger partial charge in [0.25, 0.3) is 0 Å². The Morgan fingerprint density at radius 1 is 1.18 bits per heavy atom. The van der Waals surface area contributed by atoms with Crippen LogP contribution >= 0.6 is 0 Å². The van der Waals surface area contributed by atoms with E-state index >= 15 is 0 Å². The van der Waals surface area contributed by atoms with Gasteiger partial charge in [-0.05, 0) is 0 Å². The van der Waals surface area contributed by atoms with Gasteiger partial charge in [-0.3, -0.25) is 0 Å². The topological polar surface area (TPSA) is 26.3 Å². The van der Waals surface area contributed by atoms with E-state index in [1.165, 1.54) is 24.3 Å². The number of carbonyl (C=O) groups excluding carboxylic acids is 1. The minimum atomic E-state index is -5.76. The van der Waals surface area contributed by atoms with E-state index in [1.54, 1.807) is 13.0 Å². The van der Waals surface area contributed by atoms with Crippen LogP contribution in [0.5, 0.6) is 0 Å². The van der Waals surface area contributed by atoms with E-state index in [-0.39, 0.29) is 6.42 Å². The quantitative estimate of drug-likeness (QED) is 0.407. The number of benzene rings is 1. The Kier molecular flexibility index (Phi) is 6.81. The summed E-state index contributed by atoms with van der Waals surface area (Å²) in [6.07, 6.45) is -4.95. The summed E-state index contributed by atoms with van der Waals surface area (Å²) in [6, 6.07) is 7.53. The third kappa shape index (κ3) is 5.25. The van der Waals surface area contributed by atoms with E-state index in [0.717, 1.165) is 0 Å². The minimum absolute atomic E-state index is 0.175. The fraction of sp³-hybridized carbons (Fsp3) is 0.500. The van der Waals surface area contributed by atoms with Crippen LogP contribution in [-0.2, 0) is 9.53 Å². The van der Waals surface area contributed by atoms with Gasteiger partial charge >= 0.3 is 130 Å². The molecule has 0 N–H and O–H groups in total. The Morgan fingerprint density at radius 3 is 2.27 bits per heavy atom. The Balaban J connectivity index is 2.92. The average molecular weight is 389 g/mol. The molecule has 1 aromatic carbocycles. The molecular formula is C14H15F5O2Se. The fourth-order valence-corrected chi connectivity index (χ4v) is 3.52. The number of esters is 1. The van der Waals surface area contributed by atoms with Gasteiger partial charge in [-0.2, -0.15) is 0 Å². The fourth-order valence-electron chi connectivity index (χ4n) is 1.43. The van der Waals surface area contributed by atoms with Gasteiger partial charge in [0.15, 0.2) is 0 Å². The molecule has 1 aromatic rings. The first-order chi connectivity index (χ1) is 10.2. The molecule has 0 aliphatic rings. The molecule has 0 saturated heterocycles. The normalized spacial score (nSPS) is 13.7.